The Morgan fingerprint density at radius 2 is 1.70 bits per heavy atom. The van der Waals surface area contributed by atoms with Gasteiger partial charge in [-0.2, -0.15) is 4.98 Å². The molecule has 0 fully saturated rings. The van der Waals surface area contributed by atoms with Gasteiger partial charge >= 0.3 is 0 Å². The summed E-state index contributed by atoms with van der Waals surface area (Å²) in [4.78, 5) is 12.3. The van der Waals surface area contributed by atoms with E-state index < -0.39 is 5.82 Å². The Hall–Kier alpha value is -2.82. The van der Waals surface area contributed by atoms with Crippen molar-refractivity contribution in [2.45, 2.75) is 0 Å². The van der Waals surface area contributed by atoms with E-state index >= 15 is 0 Å². The molecule has 1 N–H and O–H groups in total. The molecule has 20 heavy (non-hydrogen) atoms. The number of pyridine rings is 1. The van der Waals surface area contributed by atoms with E-state index in [4.69, 9.17) is 0 Å². The predicted octanol–water partition coefficient (Wildman–Crippen LogP) is 3.05. The summed E-state index contributed by atoms with van der Waals surface area (Å²) in [5, 5.41) is 9.71. The number of nitrogens with zero attached hydrogens (tertiary/aromatic N) is 3. The van der Waals surface area contributed by atoms with Crippen LogP contribution in [0.15, 0.2) is 54.7 Å². The second-order valence-electron chi connectivity index (χ2n) is 4.13. The lowest BCUT2D eigenvalue weighted by molar-refractivity contribution is 0.453. The average Bonchev–Trinajstić information content (AvgIpc) is 2.48. The highest BCUT2D eigenvalue weighted by atomic mass is 19.1. The first-order valence-corrected chi connectivity index (χ1v) is 5.98. The van der Waals surface area contributed by atoms with Gasteiger partial charge < -0.3 is 5.11 Å². The van der Waals surface area contributed by atoms with Crippen molar-refractivity contribution in [3.05, 3.63) is 60.5 Å². The number of hydrogen-bond acceptors (Lipinski definition) is 4. The van der Waals surface area contributed by atoms with Crippen LogP contribution in [0, 0.1) is 5.82 Å². The zero-order valence-corrected chi connectivity index (χ0v) is 10.4. The van der Waals surface area contributed by atoms with Crippen LogP contribution < -0.4 is 0 Å². The van der Waals surface area contributed by atoms with Gasteiger partial charge in [-0.1, -0.05) is 18.2 Å². The predicted molar refractivity (Wildman–Crippen MR) is 72.3 cm³/mol. The Kier molecular flexibility index (Phi) is 3.09. The summed E-state index contributed by atoms with van der Waals surface area (Å²) in [6, 6.07) is 12.8. The molecule has 2 heterocycles. The molecule has 3 aromatic rings. The van der Waals surface area contributed by atoms with E-state index in [0.29, 0.717) is 17.0 Å². The molecule has 0 spiro atoms. The van der Waals surface area contributed by atoms with Crippen LogP contribution in [0.2, 0.25) is 0 Å². The van der Waals surface area contributed by atoms with Crippen molar-refractivity contribution < 1.29 is 9.50 Å². The fourth-order valence-corrected chi connectivity index (χ4v) is 1.85. The van der Waals surface area contributed by atoms with E-state index in [2.05, 4.69) is 15.0 Å². The van der Waals surface area contributed by atoms with Crippen molar-refractivity contribution in [3.8, 4) is 28.7 Å². The zero-order valence-electron chi connectivity index (χ0n) is 10.4. The quantitative estimate of drug-likeness (QED) is 0.775. The molecule has 0 radical (unpaired) electrons. The third kappa shape index (κ3) is 2.33. The van der Waals surface area contributed by atoms with E-state index in [0.717, 1.165) is 0 Å². The number of rotatable bonds is 2. The van der Waals surface area contributed by atoms with Crippen molar-refractivity contribution in [3.63, 3.8) is 0 Å². The molecule has 0 unspecified atom stereocenters. The topological polar surface area (TPSA) is 58.9 Å². The molecule has 0 saturated heterocycles. The zero-order chi connectivity index (χ0) is 13.9. The van der Waals surface area contributed by atoms with E-state index in [-0.39, 0.29) is 11.7 Å². The highest BCUT2D eigenvalue weighted by molar-refractivity contribution is 5.64. The molecule has 5 heteroatoms. The second-order valence-corrected chi connectivity index (χ2v) is 4.13. The van der Waals surface area contributed by atoms with Crippen LogP contribution in [0.4, 0.5) is 4.39 Å². The van der Waals surface area contributed by atoms with Gasteiger partial charge in [0.2, 0.25) is 5.88 Å². The minimum absolute atomic E-state index is 0.223. The molecule has 0 amide bonds. The first kappa shape index (κ1) is 12.2. The van der Waals surface area contributed by atoms with Crippen LogP contribution in [-0.4, -0.2) is 20.1 Å². The number of benzene rings is 1. The molecule has 4 nitrogen and oxygen atoms in total. The normalized spacial score (nSPS) is 10.4. The van der Waals surface area contributed by atoms with Crippen LogP contribution in [0.25, 0.3) is 22.8 Å². The molecule has 2 aromatic heterocycles. The minimum atomic E-state index is -0.405. The molecule has 98 valence electrons. The van der Waals surface area contributed by atoms with Crippen molar-refractivity contribution in [1.29, 1.82) is 0 Å². The van der Waals surface area contributed by atoms with E-state index in [1.54, 1.807) is 42.6 Å². The molecule has 0 aliphatic heterocycles. The van der Waals surface area contributed by atoms with Gasteiger partial charge in [-0.25, -0.2) is 9.37 Å². The van der Waals surface area contributed by atoms with Crippen molar-refractivity contribution >= 4 is 0 Å². The number of aromatic hydroxyl groups is 1. The lowest BCUT2D eigenvalue weighted by atomic mass is 10.1. The molecule has 0 aliphatic rings. The van der Waals surface area contributed by atoms with Crippen LogP contribution in [0.1, 0.15) is 0 Å². The number of hydrogen-bond donors (Lipinski definition) is 1. The van der Waals surface area contributed by atoms with E-state index in [1.165, 1.54) is 12.1 Å². The maximum Gasteiger partial charge on any atom is 0.215 e. The van der Waals surface area contributed by atoms with Gasteiger partial charge in [0, 0.05) is 17.8 Å². The third-order valence-electron chi connectivity index (χ3n) is 2.76. The maximum absolute atomic E-state index is 13.8. The molecule has 0 saturated carbocycles. The Balaban J connectivity index is 2.15. The first-order chi connectivity index (χ1) is 9.74. The Labute approximate surface area is 114 Å². The molecule has 0 atom stereocenters. The summed E-state index contributed by atoms with van der Waals surface area (Å²) in [5.74, 6) is -0.375. The summed E-state index contributed by atoms with van der Waals surface area (Å²) < 4.78 is 13.8. The molecular formula is C15H10FN3O. The first-order valence-electron chi connectivity index (χ1n) is 5.98. The minimum Gasteiger partial charge on any atom is -0.493 e. The lowest BCUT2D eigenvalue weighted by Gasteiger charge is -2.05. The highest BCUT2D eigenvalue weighted by Crippen LogP contribution is 2.25. The Morgan fingerprint density at radius 1 is 0.900 bits per heavy atom. The van der Waals surface area contributed by atoms with Crippen LogP contribution in [0.3, 0.4) is 0 Å². The van der Waals surface area contributed by atoms with Gasteiger partial charge in [-0.3, -0.25) is 4.98 Å². The summed E-state index contributed by atoms with van der Waals surface area (Å²) in [5.41, 5.74) is 1.14. The second kappa shape index (κ2) is 5.05. The number of halogens is 1. The summed E-state index contributed by atoms with van der Waals surface area (Å²) >= 11 is 0. The smallest absolute Gasteiger partial charge is 0.215 e. The summed E-state index contributed by atoms with van der Waals surface area (Å²) in [7, 11) is 0. The fraction of sp³-hybridized carbons (Fsp3) is 0. The molecular weight excluding hydrogens is 257 g/mol. The summed E-state index contributed by atoms with van der Waals surface area (Å²) in [6.45, 7) is 0. The molecule has 3 rings (SSSR count). The van der Waals surface area contributed by atoms with Gasteiger partial charge in [0.15, 0.2) is 5.82 Å². The van der Waals surface area contributed by atoms with Crippen molar-refractivity contribution in [1.82, 2.24) is 15.0 Å². The van der Waals surface area contributed by atoms with Crippen molar-refractivity contribution in [2.24, 2.45) is 0 Å². The lowest BCUT2D eigenvalue weighted by Crippen LogP contribution is -1.95. The monoisotopic (exact) mass is 267 g/mol. The average molecular weight is 267 g/mol. The van der Waals surface area contributed by atoms with Gasteiger partial charge in [0.1, 0.15) is 11.5 Å². The maximum atomic E-state index is 13.8. The largest absolute Gasteiger partial charge is 0.493 e. The van der Waals surface area contributed by atoms with Crippen LogP contribution in [-0.2, 0) is 0 Å². The Morgan fingerprint density at radius 3 is 2.45 bits per heavy atom. The van der Waals surface area contributed by atoms with Crippen molar-refractivity contribution in [2.75, 3.05) is 0 Å². The van der Waals surface area contributed by atoms with Gasteiger partial charge in [-0.15, -0.1) is 0 Å². The van der Waals surface area contributed by atoms with E-state index in [9.17, 15) is 9.50 Å². The highest BCUT2D eigenvalue weighted by Gasteiger charge is 2.11. The third-order valence-corrected chi connectivity index (χ3v) is 2.76. The van der Waals surface area contributed by atoms with Gasteiger partial charge in [0.25, 0.3) is 0 Å². The number of aromatic nitrogens is 3. The fourth-order valence-electron chi connectivity index (χ4n) is 1.85. The van der Waals surface area contributed by atoms with Gasteiger partial charge in [-0.05, 0) is 24.3 Å². The Bertz CT molecular complexity index is 747. The summed E-state index contributed by atoms with van der Waals surface area (Å²) in [6.07, 6.45) is 1.60. The van der Waals surface area contributed by atoms with Crippen LogP contribution >= 0.6 is 0 Å². The standard InChI is InChI=1S/C15H10FN3O/c16-11-6-2-1-5-10(11)13-9-14(20)19-15(18-13)12-7-3-4-8-17-12/h1-9H,(H,18,19,20). The SMILES string of the molecule is Oc1cc(-c2ccccc2F)nc(-c2ccccn2)n1. The van der Waals surface area contributed by atoms with Gasteiger partial charge in [0.05, 0.1) is 5.69 Å². The van der Waals surface area contributed by atoms with Crippen LogP contribution in [0.5, 0.6) is 5.88 Å². The van der Waals surface area contributed by atoms with E-state index in [1.807, 2.05) is 0 Å². The molecule has 1 aromatic carbocycles. The molecule has 0 aliphatic carbocycles. The molecule has 0 bridgehead atoms.